The Kier molecular flexibility index (Phi) is 4.82. The molecule has 1 aliphatic rings. The summed E-state index contributed by atoms with van der Waals surface area (Å²) in [6.07, 6.45) is 2.06. The molecule has 0 amide bonds. The molecule has 1 fully saturated rings. The van der Waals surface area contributed by atoms with E-state index in [9.17, 15) is 8.42 Å². The van der Waals surface area contributed by atoms with E-state index in [-0.39, 0.29) is 6.32 Å². The minimum atomic E-state index is -3.90. The predicted octanol–water partition coefficient (Wildman–Crippen LogP) is 5.46. The molecule has 0 aliphatic carbocycles. The smallest absolute Gasteiger partial charge is 0.399 e. The van der Waals surface area contributed by atoms with Crippen molar-refractivity contribution in [3.05, 3.63) is 89.7 Å². The summed E-state index contributed by atoms with van der Waals surface area (Å²) in [5, 5.41) is 0.701. The number of aromatic nitrogens is 2. The van der Waals surface area contributed by atoms with E-state index >= 15 is 0 Å². The van der Waals surface area contributed by atoms with Gasteiger partial charge < -0.3 is 9.31 Å². The van der Waals surface area contributed by atoms with Gasteiger partial charge in [-0.3, -0.25) is 0 Å². The van der Waals surface area contributed by atoms with Crippen LogP contribution in [0.5, 0.6) is 0 Å². The van der Waals surface area contributed by atoms with Gasteiger partial charge in [-0.1, -0.05) is 48.0 Å². The van der Waals surface area contributed by atoms with E-state index in [4.69, 9.17) is 18.2 Å². The SMILES string of the molecule is Cc1ccc(S(=O)(=O)n2c(Cc3ccccc3)cc3c(B4OC(C)(C)C(C)(C)O4)ccnc32)cc1.[2HH].[2H][2H].[2H][2H].[2H][2H]. The summed E-state index contributed by atoms with van der Waals surface area (Å²) in [6, 6.07) is 20.5. The second-order valence-electron chi connectivity index (χ2n) is 10.1. The van der Waals surface area contributed by atoms with Crippen LogP contribution in [0.25, 0.3) is 11.0 Å². The van der Waals surface area contributed by atoms with Crippen LogP contribution in [0.1, 0.15) is 54.9 Å². The summed E-state index contributed by atoms with van der Waals surface area (Å²) >= 11 is 0. The summed E-state index contributed by atoms with van der Waals surface area (Å²) < 4.78 is 71.8. The maximum Gasteiger partial charge on any atom is 0.495 e. The first kappa shape index (κ1) is 20.3. The van der Waals surface area contributed by atoms with Gasteiger partial charge in [0.05, 0.1) is 16.1 Å². The van der Waals surface area contributed by atoms with Crippen LogP contribution in [0.4, 0.5) is 0 Å². The van der Waals surface area contributed by atoms with Gasteiger partial charge in [0.25, 0.3) is 10.0 Å². The van der Waals surface area contributed by atoms with Gasteiger partial charge in [0.1, 0.15) is 0 Å². The Morgan fingerprint density at radius 2 is 1.60 bits per heavy atom. The van der Waals surface area contributed by atoms with Gasteiger partial charge in [-0.2, -0.15) is 0 Å². The van der Waals surface area contributed by atoms with Crippen molar-refractivity contribution in [1.82, 2.24) is 8.96 Å². The maximum absolute atomic E-state index is 13.9. The number of rotatable bonds is 5. The predicted molar refractivity (Wildman–Crippen MR) is 147 cm³/mol. The van der Waals surface area contributed by atoms with Gasteiger partial charge in [-0.25, -0.2) is 17.4 Å². The lowest BCUT2D eigenvalue weighted by Gasteiger charge is -2.32. The zero-order valence-electron chi connectivity index (χ0n) is 26.6. The van der Waals surface area contributed by atoms with Crippen LogP contribution in [-0.2, 0) is 25.8 Å². The van der Waals surface area contributed by atoms with Gasteiger partial charge in [0.2, 0.25) is 0 Å². The summed E-state index contributed by atoms with van der Waals surface area (Å²) in [5.74, 6) is 0. The van der Waals surface area contributed by atoms with Crippen molar-refractivity contribution >= 4 is 33.6 Å². The van der Waals surface area contributed by atoms with Crippen molar-refractivity contribution in [3.63, 3.8) is 0 Å². The molecule has 35 heavy (non-hydrogen) atoms. The number of pyridine rings is 1. The summed E-state index contributed by atoms with van der Waals surface area (Å²) in [6.45, 7) is 9.93. The first-order chi connectivity index (χ1) is 19.5. The second-order valence-corrected chi connectivity index (χ2v) is 11.9. The molecule has 0 saturated carbocycles. The maximum atomic E-state index is 13.9. The highest BCUT2D eigenvalue weighted by Gasteiger charge is 2.52. The minimum absolute atomic E-state index is 0. The van der Waals surface area contributed by atoms with Crippen molar-refractivity contribution in [3.8, 4) is 0 Å². The molecule has 0 unspecified atom stereocenters. The molecule has 1 saturated heterocycles. The highest BCUT2D eigenvalue weighted by molar-refractivity contribution is 7.90. The van der Waals surface area contributed by atoms with Crippen LogP contribution >= 0.6 is 0 Å². The van der Waals surface area contributed by atoms with Gasteiger partial charge in [-0.15, -0.1) is 0 Å². The van der Waals surface area contributed by atoms with Crippen LogP contribution in [0, 0.1) is 6.92 Å². The summed E-state index contributed by atoms with van der Waals surface area (Å²) in [5.41, 5.74) is 2.72. The Morgan fingerprint density at radius 3 is 2.23 bits per heavy atom. The topological polar surface area (TPSA) is 70.4 Å². The molecule has 0 bridgehead atoms. The molecule has 0 atom stereocenters. The number of benzene rings is 2. The van der Waals surface area contributed by atoms with E-state index in [1.165, 1.54) is 3.97 Å². The van der Waals surface area contributed by atoms with Gasteiger partial charge in [-0.05, 0) is 69.9 Å². The molecule has 6 nitrogen and oxygen atoms in total. The molecule has 0 spiro atoms. The zero-order valence-corrected chi connectivity index (χ0v) is 21.5. The lowest BCUT2D eigenvalue weighted by atomic mass is 9.78. The highest BCUT2D eigenvalue weighted by atomic mass is 32.2. The van der Waals surface area contributed by atoms with Crippen molar-refractivity contribution in [1.29, 1.82) is 0 Å². The van der Waals surface area contributed by atoms with Crippen LogP contribution in [0.3, 0.4) is 0 Å². The van der Waals surface area contributed by atoms with E-state index in [1.807, 2.05) is 77.1 Å². The largest absolute Gasteiger partial charge is 0.495 e. The van der Waals surface area contributed by atoms with E-state index < -0.39 is 28.3 Å². The molecule has 188 valence electrons. The number of fused-ring (bicyclic) bond motifs is 1. The lowest BCUT2D eigenvalue weighted by molar-refractivity contribution is 0.00578. The Morgan fingerprint density at radius 1 is 0.971 bits per heavy atom. The molecule has 2 aromatic carbocycles. The van der Waals surface area contributed by atoms with Crippen LogP contribution < -0.4 is 5.46 Å². The number of hydrogen-bond acceptors (Lipinski definition) is 5. The zero-order chi connectivity index (χ0) is 31.0. The quantitative estimate of drug-likeness (QED) is 0.339. The number of hydrogen-bond donors (Lipinski definition) is 0. The monoisotopic (exact) mass is 503 g/mol. The first-order valence-electron chi connectivity index (χ1n) is 14.7. The summed E-state index contributed by atoms with van der Waals surface area (Å²) in [7, 11) is -4.53. The molecule has 0 N–H and O–H groups in total. The molecule has 1 aliphatic heterocycles. The third-order valence-corrected chi connectivity index (χ3v) is 8.82. The first-order valence-corrected chi connectivity index (χ1v) is 13.1. The number of aryl methyl sites for hydroxylation is 1. The second kappa shape index (κ2) is 8.33. The van der Waals surface area contributed by atoms with E-state index in [1.54, 1.807) is 30.5 Å². The average Bonchev–Trinajstić information content (AvgIpc) is 3.45. The highest BCUT2D eigenvalue weighted by Crippen LogP contribution is 2.37. The van der Waals surface area contributed by atoms with Crippen molar-refractivity contribution < 1.29 is 28.1 Å². The average molecular weight is 504 g/mol. The lowest BCUT2D eigenvalue weighted by Crippen LogP contribution is -2.41. The van der Waals surface area contributed by atoms with Crippen molar-refractivity contribution in [2.45, 2.75) is 57.1 Å². The molecule has 0 radical (unpaired) electrons. The molecule has 5 rings (SSSR count). The third kappa shape index (κ3) is 4.09. The standard InChI is InChI=1S/C27H29BN2O4S.4H2/c1-19-11-13-22(14-12-19)35(31,32)30-21(17-20-9-7-6-8-10-20)18-23-24(15-16-29-25(23)30)28-33-26(2,3)27(4,5)34-28;;;;/h6-16,18H,17H2,1-5H3;4*1H/i;3*1+1D;1+1. The van der Waals surface area contributed by atoms with Crippen molar-refractivity contribution in [2.75, 3.05) is 0 Å². The fraction of sp³-hybridized carbons (Fsp3) is 0.296. The Labute approximate surface area is 217 Å². The minimum Gasteiger partial charge on any atom is -0.399 e. The fourth-order valence-electron chi connectivity index (χ4n) is 4.33. The molecule has 8 heteroatoms. The fourth-order valence-corrected chi connectivity index (χ4v) is 5.82. The normalized spacial score (nSPS) is 17.9. The van der Waals surface area contributed by atoms with E-state index in [0.717, 1.165) is 16.6 Å². The Bertz CT molecular complexity index is 1510. The van der Waals surface area contributed by atoms with Gasteiger partial charge in [0, 0.05) is 34.0 Å². The molecule has 3 heterocycles. The number of nitrogens with zero attached hydrogens (tertiary/aromatic N) is 2. The van der Waals surface area contributed by atoms with Gasteiger partial charge in [0.15, 0.2) is 5.65 Å². The molecule has 4 aromatic rings. The van der Waals surface area contributed by atoms with Crippen LogP contribution in [0.2, 0.25) is 0 Å². The third-order valence-electron chi connectivity index (χ3n) is 7.06. The van der Waals surface area contributed by atoms with E-state index in [0.29, 0.717) is 23.1 Å². The molecular formula is C27H37BN2O4S. The Hall–Kier alpha value is -2.94. The summed E-state index contributed by atoms with van der Waals surface area (Å²) in [4.78, 5) is 4.75. The molecule has 2 aromatic heterocycles. The molecular weight excluding hydrogens is 459 g/mol. The van der Waals surface area contributed by atoms with E-state index in [2.05, 4.69) is 4.98 Å². The van der Waals surface area contributed by atoms with Crippen LogP contribution in [-0.4, -0.2) is 35.7 Å². The van der Waals surface area contributed by atoms with Gasteiger partial charge >= 0.3 is 7.12 Å². The van der Waals surface area contributed by atoms with Crippen molar-refractivity contribution in [2.24, 2.45) is 0 Å². The van der Waals surface area contributed by atoms with Crippen LogP contribution in [0.15, 0.2) is 77.8 Å². The Balaban J connectivity index is 0.00000119.